The van der Waals surface area contributed by atoms with Crippen molar-refractivity contribution in [1.29, 1.82) is 0 Å². The van der Waals surface area contributed by atoms with E-state index in [0.29, 0.717) is 25.4 Å². The fourth-order valence-electron chi connectivity index (χ4n) is 3.88. The zero-order chi connectivity index (χ0) is 19.7. The van der Waals surface area contributed by atoms with Gasteiger partial charge in [0.2, 0.25) is 15.9 Å². The molecule has 4 rings (SSSR count). The number of anilines is 1. The van der Waals surface area contributed by atoms with Crippen LogP contribution in [0.15, 0.2) is 59.5 Å². The van der Waals surface area contributed by atoms with Gasteiger partial charge in [0, 0.05) is 31.2 Å². The molecule has 2 aromatic rings. The van der Waals surface area contributed by atoms with Crippen LogP contribution >= 0.6 is 0 Å². The van der Waals surface area contributed by atoms with Crippen molar-refractivity contribution in [2.75, 3.05) is 11.4 Å². The molecule has 2 aromatic carbocycles. The smallest absolute Gasteiger partial charge is 0.243 e. The van der Waals surface area contributed by atoms with Crippen LogP contribution in [-0.4, -0.2) is 31.2 Å². The van der Waals surface area contributed by atoms with E-state index in [1.54, 1.807) is 33.5 Å². The molecule has 1 atom stereocenters. The minimum absolute atomic E-state index is 0.0370. The molecular formula is C22H26N2O3S. The summed E-state index contributed by atoms with van der Waals surface area (Å²) in [4.78, 5) is 13.9. The van der Waals surface area contributed by atoms with Gasteiger partial charge in [0.15, 0.2) is 0 Å². The average molecular weight is 399 g/mol. The number of hydrogen-bond acceptors (Lipinski definition) is 3. The number of nitrogens with zero attached hydrogens (tertiary/aromatic N) is 2. The minimum atomic E-state index is -3.63. The van der Waals surface area contributed by atoms with Crippen LogP contribution in [0.3, 0.4) is 0 Å². The fraction of sp³-hybridized carbons (Fsp3) is 0.409. The van der Waals surface area contributed by atoms with Crippen LogP contribution in [0.1, 0.15) is 38.2 Å². The van der Waals surface area contributed by atoms with Crippen LogP contribution in [0.5, 0.6) is 0 Å². The summed E-state index contributed by atoms with van der Waals surface area (Å²) in [5, 5.41) is 0. The highest BCUT2D eigenvalue weighted by atomic mass is 32.2. The fourth-order valence-corrected chi connectivity index (χ4v) is 5.56. The van der Waals surface area contributed by atoms with Crippen LogP contribution < -0.4 is 4.90 Å². The van der Waals surface area contributed by atoms with E-state index in [0.717, 1.165) is 30.5 Å². The van der Waals surface area contributed by atoms with Gasteiger partial charge >= 0.3 is 0 Å². The van der Waals surface area contributed by atoms with Crippen LogP contribution in [0.2, 0.25) is 0 Å². The molecule has 6 heteroatoms. The number of hydrogen-bond donors (Lipinski definition) is 0. The van der Waals surface area contributed by atoms with Crippen LogP contribution in [0.25, 0.3) is 0 Å². The molecule has 1 saturated heterocycles. The van der Waals surface area contributed by atoms with Gasteiger partial charge in [-0.3, -0.25) is 4.79 Å². The number of rotatable bonds is 7. The van der Waals surface area contributed by atoms with E-state index in [4.69, 9.17) is 0 Å². The lowest BCUT2D eigenvalue weighted by molar-refractivity contribution is -0.117. The molecule has 1 amide bonds. The van der Waals surface area contributed by atoms with E-state index in [-0.39, 0.29) is 16.8 Å². The second kappa shape index (κ2) is 7.68. The number of benzene rings is 2. The molecule has 2 aliphatic rings. The molecule has 28 heavy (non-hydrogen) atoms. The standard InChI is InChI=1S/C22H26N2O3S/c1-17(19-9-10-19)24(16-18-6-3-2-4-7-18)28(26,27)21-13-11-20(12-14-21)23-15-5-8-22(23)25/h2-4,6-7,11-14,17,19H,5,8-10,15-16H2,1H3/t17-/m0/s1. The zero-order valence-electron chi connectivity index (χ0n) is 16.1. The van der Waals surface area contributed by atoms with Crippen molar-refractivity contribution < 1.29 is 13.2 Å². The molecule has 1 saturated carbocycles. The number of carbonyl (C=O) groups is 1. The van der Waals surface area contributed by atoms with E-state index < -0.39 is 10.0 Å². The Labute approximate surface area is 167 Å². The van der Waals surface area contributed by atoms with Gasteiger partial charge in [0.1, 0.15) is 0 Å². The molecule has 1 aliphatic heterocycles. The predicted octanol–water partition coefficient (Wildman–Crippen LogP) is 3.80. The second-order valence-corrected chi connectivity index (χ2v) is 9.65. The van der Waals surface area contributed by atoms with Crippen molar-refractivity contribution in [2.24, 2.45) is 5.92 Å². The summed E-state index contributed by atoms with van der Waals surface area (Å²) >= 11 is 0. The molecule has 0 N–H and O–H groups in total. The predicted molar refractivity (Wildman–Crippen MR) is 109 cm³/mol. The van der Waals surface area contributed by atoms with Gasteiger partial charge in [-0.2, -0.15) is 4.31 Å². The molecule has 0 radical (unpaired) electrons. The molecule has 0 spiro atoms. The highest BCUT2D eigenvalue weighted by molar-refractivity contribution is 7.89. The van der Waals surface area contributed by atoms with E-state index in [1.807, 2.05) is 37.3 Å². The Morgan fingerprint density at radius 1 is 1.07 bits per heavy atom. The van der Waals surface area contributed by atoms with Crippen molar-refractivity contribution in [3.63, 3.8) is 0 Å². The Bertz CT molecular complexity index is 938. The summed E-state index contributed by atoms with van der Waals surface area (Å²) in [6.07, 6.45) is 3.57. The van der Waals surface area contributed by atoms with Gasteiger partial charge in [0.05, 0.1) is 4.90 Å². The quantitative estimate of drug-likeness (QED) is 0.713. The van der Waals surface area contributed by atoms with Gasteiger partial charge in [-0.1, -0.05) is 30.3 Å². The Hall–Kier alpha value is -2.18. The molecule has 0 aromatic heterocycles. The Kier molecular flexibility index (Phi) is 5.25. The van der Waals surface area contributed by atoms with Crippen molar-refractivity contribution in [2.45, 2.75) is 50.1 Å². The Balaban J connectivity index is 1.62. The van der Waals surface area contributed by atoms with Crippen LogP contribution in [0, 0.1) is 5.92 Å². The summed E-state index contributed by atoms with van der Waals surface area (Å²) in [6, 6.07) is 16.5. The molecule has 1 heterocycles. The topological polar surface area (TPSA) is 57.7 Å². The molecule has 2 fully saturated rings. The molecule has 0 unspecified atom stereocenters. The zero-order valence-corrected chi connectivity index (χ0v) is 16.9. The van der Waals surface area contributed by atoms with E-state index >= 15 is 0 Å². The summed E-state index contributed by atoms with van der Waals surface area (Å²) in [6.45, 7) is 3.08. The molecule has 148 valence electrons. The molecule has 0 bridgehead atoms. The third-order valence-electron chi connectivity index (χ3n) is 5.77. The molecular weight excluding hydrogens is 372 g/mol. The Morgan fingerprint density at radius 2 is 1.75 bits per heavy atom. The van der Waals surface area contributed by atoms with Crippen molar-refractivity contribution in [1.82, 2.24) is 4.31 Å². The first kappa shape index (κ1) is 19.2. The summed E-state index contributed by atoms with van der Waals surface area (Å²) < 4.78 is 28.5. The minimum Gasteiger partial charge on any atom is -0.312 e. The maximum atomic E-state index is 13.5. The first-order chi connectivity index (χ1) is 13.5. The lowest BCUT2D eigenvalue weighted by Crippen LogP contribution is -2.39. The molecule has 1 aliphatic carbocycles. The average Bonchev–Trinajstić information content (AvgIpc) is 3.47. The summed E-state index contributed by atoms with van der Waals surface area (Å²) in [5.41, 5.74) is 1.75. The third kappa shape index (κ3) is 3.84. The van der Waals surface area contributed by atoms with Gasteiger partial charge in [-0.25, -0.2) is 8.42 Å². The first-order valence-electron chi connectivity index (χ1n) is 9.93. The van der Waals surface area contributed by atoms with Crippen LogP contribution in [-0.2, 0) is 21.4 Å². The number of carbonyl (C=O) groups excluding carboxylic acids is 1. The van der Waals surface area contributed by atoms with E-state index in [1.165, 1.54) is 0 Å². The SMILES string of the molecule is C[C@@H](C1CC1)N(Cc1ccccc1)S(=O)(=O)c1ccc(N2CCCC2=O)cc1. The van der Waals surface area contributed by atoms with Crippen molar-refractivity contribution in [3.8, 4) is 0 Å². The maximum Gasteiger partial charge on any atom is 0.243 e. The lowest BCUT2D eigenvalue weighted by atomic mass is 10.2. The maximum absolute atomic E-state index is 13.5. The van der Waals surface area contributed by atoms with Gasteiger partial charge in [0.25, 0.3) is 0 Å². The largest absolute Gasteiger partial charge is 0.312 e. The number of sulfonamides is 1. The molecule has 5 nitrogen and oxygen atoms in total. The van der Waals surface area contributed by atoms with Gasteiger partial charge < -0.3 is 4.90 Å². The number of amides is 1. The van der Waals surface area contributed by atoms with Crippen molar-refractivity contribution >= 4 is 21.6 Å². The van der Waals surface area contributed by atoms with Gasteiger partial charge in [-0.05, 0) is 61.9 Å². The van der Waals surface area contributed by atoms with Crippen LogP contribution in [0.4, 0.5) is 5.69 Å². The lowest BCUT2D eigenvalue weighted by Gasteiger charge is -2.29. The highest BCUT2D eigenvalue weighted by Gasteiger charge is 2.38. The monoisotopic (exact) mass is 398 g/mol. The highest BCUT2D eigenvalue weighted by Crippen LogP contribution is 2.38. The normalized spacial score (nSPS) is 18.6. The van der Waals surface area contributed by atoms with Gasteiger partial charge in [-0.15, -0.1) is 0 Å². The third-order valence-corrected chi connectivity index (χ3v) is 7.72. The Morgan fingerprint density at radius 3 is 2.32 bits per heavy atom. The summed E-state index contributed by atoms with van der Waals surface area (Å²) in [7, 11) is -3.63. The van der Waals surface area contributed by atoms with E-state index in [2.05, 4.69) is 0 Å². The first-order valence-corrected chi connectivity index (χ1v) is 11.4. The van der Waals surface area contributed by atoms with Crippen molar-refractivity contribution in [3.05, 3.63) is 60.2 Å². The summed E-state index contributed by atoms with van der Waals surface area (Å²) in [5.74, 6) is 0.531. The second-order valence-electron chi connectivity index (χ2n) is 7.76. The van der Waals surface area contributed by atoms with E-state index in [9.17, 15) is 13.2 Å².